The molecule has 8 aromatic rings. The molecule has 490 valence electrons. The van der Waals surface area contributed by atoms with Gasteiger partial charge in [-0.3, -0.25) is 29.3 Å². The van der Waals surface area contributed by atoms with Crippen LogP contribution in [0, 0.1) is 40.7 Å². The summed E-state index contributed by atoms with van der Waals surface area (Å²) < 4.78 is 107. The van der Waals surface area contributed by atoms with Gasteiger partial charge in [0.2, 0.25) is 0 Å². The van der Waals surface area contributed by atoms with Crippen molar-refractivity contribution in [1.29, 1.82) is 0 Å². The molecule has 0 aliphatic carbocycles. The van der Waals surface area contributed by atoms with Gasteiger partial charge in [-0.25, -0.2) is 45.1 Å². The van der Waals surface area contributed by atoms with Gasteiger partial charge in [0, 0.05) is 100 Å². The lowest BCUT2D eigenvalue weighted by Crippen LogP contribution is -2.37. The van der Waals surface area contributed by atoms with E-state index in [0.717, 1.165) is 53.2 Å². The number of amides is 1. The van der Waals surface area contributed by atoms with Crippen molar-refractivity contribution < 1.29 is 73.7 Å². The zero-order valence-electron chi connectivity index (χ0n) is 52.2. The summed E-state index contributed by atoms with van der Waals surface area (Å²) in [7, 11) is 0. The van der Waals surface area contributed by atoms with Crippen molar-refractivity contribution in [3.63, 3.8) is 0 Å². The summed E-state index contributed by atoms with van der Waals surface area (Å²) in [5.74, 6) is -8.63. The first-order valence-corrected chi connectivity index (χ1v) is 30.0. The Labute approximate surface area is 538 Å². The molecule has 2 aliphatic rings. The van der Waals surface area contributed by atoms with Gasteiger partial charge in [0.25, 0.3) is 16.9 Å². The number of aromatic nitrogens is 6. The first-order valence-electron chi connectivity index (χ1n) is 28.5. The van der Waals surface area contributed by atoms with Crippen molar-refractivity contribution in [2.45, 2.75) is 118 Å². The summed E-state index contributed by atoms with van der Waals surface area (Å²) in [4.78, 5) is 93.2. The molecule has 27 heteroatoms. The minimum atomic E-state index is -1.15. The lowest BCUT2D eigenvalue weighted by atomic mass is 9.83. The fraction of sp³-hybridized carbons (Fsp3) is 0.338. The third kappa shape index (κ3) is 17.6. The summed E-state index contributed by atoms with van der Waals surface area (Å²) in [5, 5.41) is 2.39. The molecule has 0 fully saturated rings. The second kappa shape index (κ2) is 30.1. The zero-order valence-corrected chi connectivity index (χ0v) is 54.5. The Kier molecular flexibility index (Phi) is 23.7. The van der Waals surface area contributed by atoms with Crippen LogP contribution in [0.15, 0.2) is 91.8 Å². The number of hydrogen-bond acceptors (Lipinski definition) is 14. The Morgan fingerprint density at radius 3 is 1.58 bits per heavy atom. The molecule has 0 radical (unpaired) electrons. The predicted octanol–water partition coefficient (Wildman–Crippen LogP) is 12.8. The summed E-state index contributed by atoms with van der Waals surface area (Å²) in [6.45, 7) is 23.5. The van der Waals surface area contributed by atoms with Crippen LogP contribution in [0.25, 0.3) is 44.2 Å². The summed E-state index contributed by atoms with van der Waals surface area (Å²) in [6, 6.07) is 9.71. The molecular weight excluding hydrogens is 1300 g/mol. The Bertz CT molecular complexity index is 4160. The van der Waals surface area contributed by atoms with Gasteiger partial charge in [0.1, 0.15) is 17.5 Å². The number of alkyl halides is 1. The van der Waals surface area contributed by atoms with Crippen molar-refractivity contribution in [3.8, 4) is 0 Å². The number of nitrogens with one attached hydrogen (secondary N) is 4. The van der Waals surface area contributed by atoms with Gasteiger partial charge in [0.05, 0.1) is 97.9 Å². The van der Waals surface area contributed by atoms with E-state index in [1.165, 1.54) is 47.8 Å². The fourth-order valence-electron chi connectivity index (χ4n) is 9.52. The number of halogens is 9. The number of carbonyl (C=O) groups excluding carboxylic acids is 6. The van der Waals surface area contributed by atoms with Crippen molar-refractivity contribution >= 4 is 107 Å². The summed E-state index contributed by atoms with van der Waals surface area (Å²) >= 11 is 7.85. The third-order valence-electron chi connectivity index (χ3n) is 13.8. The molecule has 2 aromatic carbocycles. The molecule has 0 saturated heterocycles. The second-order valence-electron chi connectivity index (χ2n) is 23.8. The Balaban J connectivity index is 0.000000198. The molecule has 10 rings (SSSR count). The van der Waals surface area contributed by atoms with E-state index in [9.17, 15) is 59.5 Å². The number of benzene rings is 2. The van der Waals surface area contributed by atoms with Crippen LogP contribution in [0.2, 0.25) is 0 Å². The minimum absolute atomic E-state index is 0.0263. The second-order valence-corrected chi connectivity index (χ2v) is 24.7. The van der Waals surface area contributed by atoms with E-state index in [1.54, 1.807) is 47.7 Å². The number of carbonyl (C=O) groups is 6. The number of Topliss-reactive ketones (excluding diaryl/α,β-unsaturated/α-hetero) is 1. The molecule has 0 unspecified atom stereocenters. The molecule has 92 heavy (non-hydrogen) atoms. The monoisotopic (exact) mass is 1370 g/mol. The Hall–Kier alpha value is -8.75. The van der Waals surface area contributed by atoms with Crippen LogP contribution < -0.4 is 11.1 Å². The fourth-order valence-corrected chi connectivity index (χ4v) is 9.86. The molecule has 0 saturated carbocycles. The predicted molar refractivity (Wildman–Crippen MR) is 337 cm³/mol. The first-order chi connectivity index (χ1) is 43.0. The highest BCUT2D eigenvalue weighted by Gasteiger charge is 2.39. The number of nitrogens with two attached hydrogens (primary N) is 1. The molecule has 8 heterocycles. The van der Waals surface area contributed by atoms with Crippen LogP contribution in [0.3, 0.4) is 0 Å². The number of esters is 3. The van der Waals surface area contributed by atoms with Gasteiger partial charge in [-0.15, -0.1) is 0 Å². The van der Waals surface area contributed by atoms with Gasteiger partial charge in [-0.05, 0) is 89.5 Å². The number of nitrogens with zero attached hydrogens (tertiary/aromatic N) is 4. The Morgan fingerprint density at radius 2 is 1.10 bits per heavy atom. The molecule has 0 bridgehead atoms. The first kappa shape index (κ1) is 72.3. The van der Waals surface area contributed by atoms with Gasteiger partial charge in [-0.1, -0.05) is 57.5 Å². The minimum Gasteiger partial charge on any atom is -0.459 e. The average Bonchev–Trinajstić information content (AvgIpc) is 1.74. The van der Waals surface area contributed by atoms with Crippen LogP contribution in [-0.2, 0) is 49.6 Å². The molecule has 1 amide bonds. The van der Waals surface area contributed by atoms with Crippen LogP contribution in [0.5, 0.6) is 0 Å². The standard InChI is InChI=1S/C24H22F3N3O3.C17H20FN3O2.C11H14FN3.C7H3ClF2O.C6H9BrO3/c1-12(2)33-23(32)15-10-30(22(31)13-5-6-16(26)17(27)7-13)11-24(3,4)19-20(15)29-18-8-14(25)9-28-21(18)19;1-9(2)23-16(22)11-7-19-8-17(3,4)13-14(11)21-12-5-10(18)6-20-15(12)13;1-11(2,6-13)8-5-14-9-3-7(12)4-15-10(8)9;8-7(11)4-1-2-5(9)6(10)3-4;1-4(2)10-6(9)5(8)3-7/h5-10,12,29H,11H2,1-4H3;5-7,9,19,21H,8H2,1-4H3;3-5,14H,6,13H2,1-2H3;1-3H;4H,3H2,1-2H3. The number of rotatable bonds is 11. The number of pyridine rings is 3. The number of H-pyrrole nitrogens is 3. The number of hydrogen-bond donors (Lipinski definition) is 5. The van der Waals surface area contributed by atoms with E-state index in [2.05, 4.69) is 69.7 Å². The van der Waals surface area contributed by atoms with Crippen molar-refractivity contribution in [2.24, 2.45) is 5.73 Å². The van der Waals surface area contributed by atoms with Crippen LogP contribution in [0.1, 0.15) is 132 Å². The SMILES string of the molecule is CC(C)(CN)c1c[nH]c2cc(F)cnc12.CC(C)OC(=O)C(=O)CBr.CC(C)OC(=O)C1=CN(C(=O)c2ccc(F)c(F)c2)CC(C)(C)c2c1[nH]c1cc(F)cnc21.CC(C)OC(=O)C1=CNCC(C)(C)c2c1[nH]c1cc(F)cnc21.O=C(Cl)c1ccc(F)c(F)c1. The summed E-state index contributed by atoms with van der Waals surface area (Å²) in [6.07, 6.45) is 7.46. The highest BCUT2D eigenvalue weighted by atomic mass is 79.9. The van der Waals surface area contributed by atoms with Crippen molar-refractivity contribution in [1.82, 2.24) is 40.1 Å². The van der Waals surface area contributed by atoms with Crippen LogP contribution >= 0.6 is 27.5 Å². The largest absolute Gasteiger partial charge is 0.459 e. The van der Waals surface area contributed by atoms with Crippen molar-refractivity contribution in [2.75, 3.05) is 25.0 Å². The molecule has 18 nitrogen and oxygen atoms in total. The van der Waals surface area contributed by atoms with E-state index >= 15 is 0 Å². The lowest BCUT2D eigenvalue weighted by molar-refractivity contribution is -0.155. The number of ketones is 1. The zero-order chi connectivity index (χ0) is 68.5. The van der Waals surface area contributed by atoms with Crippen LogP contribution in [0.4, 0.5) is 30.7 Å². The van der Waals surface area contributed by atoms with Gasteiger partial charge >= 0.3 is 17.9 Å². The van der Waals surface area contributed by atoms with Gasteiger partial charge < -0.3 is 45.1 Å². The smallest absolute Gasteiger partial charge is 0.375 e. The molecule has 0 spiro atoms. The van der Waals surface area contributed by atoms with E-state index < -0.39 is 81.3 Å². The number of ether oxygens (including phenoxy) is 3. The number of fused-ring (bicyclic) bond motifs is 7. The normalized spacial score (nSPS) is 13.8. The topological polar surface area (TPSA) is 257 Å². The van der Waals surface area contributed by atoms with E-state index in [1.807, 2.05) is 33.9 Å². The highest BCUT2D eigenvalue weighted by molar-refractivity contribution is 9.09. The number of aromatic amines is 3. The molecular formula is C65H68BrClF7N9O9. The molecule has 0 atom stereocenters. The highest BCUT2D eigenvalue weighted by Crippen LogP contribution is 2.41. The average molecular weight is 1370 g/mol. The maximum absolute atomic E-state index is 13.8. The Morgan fingerprint density at radius 1 is 0.641 bits per heavy atom. The lowest BCUT2D eigenvalue weighted by Gasteiger charge is -2.29. The molecule has 2 aliphatic heterocycles. The van der Waals surface area contributed by atoms with E-state index in [4.69, 9.17) is 26.8 Å². The van der Waals surface area contributed by atoms with Crippen LogP contribution in [-0.4, -0.2) is 113 Å². The van der Waals surface area contributed by atoms with Gasteiger partial charge in [-0.2, -0.15) is 0 Å². The van der Waals surface area contributed by atoms with Crippen molar-refractivity contribution in [3.05, 3.63) is 172 Å². The van der Waals surface area contributed by atoms with E-state index in [-0.39, 0.29) is 57.4 Å². The quantitative estimate of drug-likeness (QED) is 0.0202. The summed E-state index contributed by atoms with van der Waals surface area (Å²) in [5.41, 5.74) is 12.0. The molecule has 6 aromatic heterocycles. The third-order valence-corrected chi connectivity index (χ3v) is 14.6. The van der Waals surface area contributed by atoms with E-state index in [0.29, 0.717) is 63.2 Å². The van der Waals surface area contributed by atoms with Gasteiger partial charge in [0.15, 0.2) is 23.3 Å². The maximum Gasteiger partial charge on any atom is 0.375 e. The molecule has 6 N–H and O–H groups in total. The maximum atomic E-state index is 13.8.